The van der Waals surface area contributed by atoms with E-state index in [1.165, 1.54) is 11.3 Å². The minimum Gasteiger partial charge on any atom is -0.465 e. The molecule has 0 saturated carbocycles. The Labute approximate surface area is 191 Å². The number of nitrogens with zero attached hydrogens (tertiary/aromatic N) is 3. The predicted molar refractivity (Wildman–Crippen MR) is 123 cm³/mol. The zero-order valence-electron chi connectivity index (χ0n) is 16.7. The molecule has 0 atom stereocenters. The van der Waals surface area contributed by atoms with E-state index in [2.05, 4.69) is 9.98 Å². The van der Waals surface area contributed by atoms with Crippen molar-refractivity contribution in [2.45, 2.75) is 20.4 Å². The second kappa shape index (κ2) is 8.78. The molecule has 0 aliphatic rings. The molecule has 0 aliphatic carbocycles. The molecule has 2 aromatic heterocycles. The van der Waals surface area contributed by atoms with Gasteiger partial charge in [0.2, 0.25) is 0 Å². The van der Waals surface area contributed by atoms with Gasteiger partial charge in [-0.05, 0) is 50.2 Å². The summed E-state index contributed by atoms with van der Waals surface area (Å²) in [7, 11) is 0. The SMILES string of the molecule is CCOC(=O)Cn1c(=NC(=O)c2ccc3nc(C)ccc3c2)sc2cc(Cl)cc(Cl)c21. The van der Waals surface area contributed by atoms with Crippen LogP contribution in [0, 0.1) is 6.92 Å². The molecule has 0 fully saturated rings. The highest BCUT2D eigenvalue weighted by atomic mass is 35.5. The van der Waals surface area contributed by atoms with Crippen LogP contribution >= 0.6 is 34.5 Å². The molecule has 4 rings (SSSR count). The van der Waals surface area contributed by atoms with Crippen molar-refractivity contribution in [1.82, 2.24) is 9.55 Å². The number of hydrogen-bond donors (Lipinski definition) is 0. The first kappa shape index (κ1) is 21.5. The van der Waals surface area contributed by atoms with Crippen LogP contribution < -0.4 is 4.80 Å². The summed E-state index contributed by atoms with van der Waals surface area (Å²) in [5.74, 6) is -0.886. The Kier molecular flexibility index (Phi) is 6.09. The summed E-state index contributed by atoms with van der Waals surface area (Å²) in [4.78, 5) is 34.2. The summed E-state index contributed by atoms with van der Waals surface area (Å²) in [5.41, 5.74) is 2.70. The second-order valence-electron chi connectivity index (χ2n) is 6.79. The maximum absolute atomic E-state index is 12.9. The van der Waals surface area contributed by atoms with E-state index in [0.717, 1.165) is 16.6 Å². The zero-order valence-corrected chi connectivity index (χ0v) is 19.0. The van der Waals surface area contributed by atoms with E-state index < -0.39 is 11.9 Å². The smallest absolute Gasteiger partial charge is 0.326 e. The van der Waals surface area contributed by atoms with Gasteiger partial charge < -0.3 is 9.30 Å². The third-order valence-electron chi connectivity index (χ3n) is 4.56. The number of aromatic nitrogens is 2. The fourth-order valence-electron chi connectivity index (χ4n) is 3.21. The van der Waals surface area contributed by atoms with E-state index in [4.69, 9.17) is 27.9 Å². The van der Waals surface area contributed by atoms with Crippen molar-refractivity contribution in [2.75, 3.05) is 6.61 Å². The number of rotatable bonds is 4. The van der Waals surface area contributed by atoms with Gasteiger partial charge in [-0.1, -0.05) is 40.6 Å². The van der Waals surface area contributed by atoms with Crippen molar-refractivity contribution < 1.29 is 14.3 Å². The van der Waals surface area contributed by atoms with Crippen LogP contribution in [0.4, 0.5) is 0 Å². The van der Waals surface area contributed by atoms with Crippen molar-refractivity contribution in [3.05, 3.63) is 68.6 Å². The number of amides is 1. The first-order valence-electron chi connectivity index (χ1n) is 9.46. The van der Waals surface area contributed by atoms with Crippen LogP contribution in [0.1, 0.15) is 23.0 Å². The molecule has 0 bridgehead atoms. The number of fused-ring (bicyclic) bond motifs is 2. The first-order chi connectivity index (χ1) is 14.9. The summed E-state index contributed by atoms with van der Waals surface area (Å²) in [5, 5.41) is 1.67. The molecule has 9 heteroatoms. The fraction of sp³-hybridized carbons (Fsp3) is 0.182. The minimum atomic E-state index is -0.450. The van der Waals surface area contributed by atoms with Crippen LogP contribution in [-0.2, 0) is 16.1 Å². The van der Waals surface area contributed by atoms with Gasteiger partial charge in [0.1, 0.15) is 6.54 Å². The second-order valence-corrected chi connectivity index (χ2v) is 8.64. The number of carbonyl (C=O) groups excluding carboxylic acids is 2. The van der Waals surface area contributed by atoms with E-state index in [1.807, 2.05) is 19.1 Å². The van der Waals surface area contributed by atoms with Gasteiger partial charge in [-0.25, -0.2) is 0 Å². The molecule has 0 N–H and O–H groups in total. The lowest BCUT2D eigenvalue weighted by Gasteiger charge is -2.06. The molecule has 1 amide bonds. The van der Waals surface area contributed by atoms with Crippen LogP contribution in [-0.4, -0.2) is 28.0 Å². The number of halogens is 2. The average Bonchev–Trinajstić information content (AvgIpc) is 3.04. The molecule has 0 aliphatic heterocycles. The van der Waals surface area contributed by atoms with Gasteiger partial charge >= 0.3 is 5.97 Å². The molecule has 6 nitrogen and oxygen atoms in total. The monoisotopic (exact) mass is 473 g/mol. The van der Waals surface area contributed by atoms with Gasteiger partial charge in [0.15, 0.2) is 4.80 Å². The Morgan fingerprint density at radius 3 is 2.74 bits per heavy atom. The molecule has 0 spiro atoms. The van der Waals surface area contributed by atoms with Gasteiger partial charge in [0, 0.05) is 21.7 Å². The number of carbonyl (C=O) groups is 2. The summed E-state index contributed by atoms with van der Waals surface area (Å²) in [6, 6.07) is 12.3. The highest BCUT2D eigenvalue weighted by molar-refractivity contribution is 7.16. The molecule has 0 unspecified atom stereocenters. The normalized spacial score (nSPS) is 11.9. The van der Waals surface area contributed by atoms with Crippen molar-refractivity contribution in [1.29, 1.82) is 0 Å². The maximum Gasteiger partial charge on any atom is 0.326 e. The lowest BCUT2D eigenvalue weighted by Crippen LogP contribution is -2.23. The Hall–Kier alpha value is -2.74. The number of aryl methyl sites for hydroxylation is 1. The molecular weight excluding hydrogens is 457 g/mol. The fourth-order valence-corrected chi connectivity index (χ4v) is 5.02. The van der Waals surface area contributed by atoms with E-state index in [1.54, 1.807) is 41.8 Å². The lowest BCUT2D eigenvalue weighted by molar-refractivity contribution is -0.143. The van der Waals surface area contributed by atoms with Gasteiger partial charge in [-0.2, -0.15) is 4.99 Å². The molecule has 2 aromatic carbocycles. The Bertz CT molecular complexity index is 1410. The summed E-state index contributed by atoms with van der Waals surface area (Å²) in [6.07, 6.45) is 0. The number of esters is 1. The van der Waals surface area contributed by atoms with Crippen LogP contribution in [0.15, 0.2) is 47.5 Å². The van der Waals surface area contributed by atoms with Gasteiger partial charge in [-0.3, -0.25) is 14.6 Å². The van der Waals surface area contributed by atoms with E-state index in [0.29, 0.717) is 30.6 Å². The zero-order chi connectivity index (χ0) is 22.1. The molecule has 31 heavy (non-hydrogen) atoms. The van der Waals surface area contributed by atoms with E-state index in [9.17, 15) is 9.59 Å². The van der Waals surface area contributed by atoms with E-state index in [-0.39, 0.29) is 13.2 Å². The molecule has 0 radical (unpaired) electrons. The standard InChI is InChI=1S/C22H17Cl2N3O3S/c1-3-30-19(28)11-27-20-16(24)9-15(23)10-18(20)31-22(27)26-21(29)14-6-7-17-13(8-14)5-4-12(2)25-17/h4-10H,3,11H2,1-2H3. The molecular formula is C22H17Cl2N3O3S. The largest absolute Gasteiger partial charge is 0.465 e. The third kappa shape index (κ3) is 4.49. The van der Waals surface area contributed by atoms with Crippen molar-refractivity contribution >= 4 is 67.5 Å². The summed E-state index contributed by atoms with van der Waals surface area (Å²) in [6.45, 7) is 3.76. The summed E-state index contributed by atoms with van der Waals surface area (Å²) < 4.78 is 7.37. The quantitative estimate of drug-likeness (QED) is 0.383. The Morgan fingerprint density at radius 2 is 1.97 bits per heavy atom. The number of benzene rings is 2. The average molecular weight is 474 g/mol. The van der Waals surface area contributed by atoms with Crippen molar-refractivity contribution in [2.24, 2.45) is 4.99 Å². The maximum atomic E-state index is 12.9. The van der Waals surface area contributed by atoms with Crippen molar-refractivity contribution in [3.63, 3.8) is 0 Å². The number of thiazole rings is 1. The highest BCUT2D eigenvalue weighted by Gasteiger charge is 2.16. The molecule has 158 valence electrons. The number of hydrogen-bond acceptors (Lipinski definition) is 5. The molecule has 0 saturated heterocycles. The highest BCUT2D eigenvalue weighted by Crippen LogP contribution is 2.30. The van der Waals surface area contributed by atoms with Crippen LogP contribution in [0.5, 0.6) is 0 Å². The lowest BCUT2D eigenvalue weighted by atomic mass is 10.1. The van der Waals surface area contributed by atoms with Crippen LogP contribution in [0.2, 0.25) is 10.0 Å². The van der Waals surface area contributed by atoms with Gasteiger partial charge in [0.25, 0.3) is 5.91 Å². The third-order valence-corrected chi connectivity index (χ3v) is 6.09. The number of pyridine rings is 1. The predicted octanol–water partition coefficient (Wildman–Crippen LogP) is 5.17. The van der Waals surface area contributed by atoms with Crippen LogP contribution in [0.3, 0.4) is 0 Å². The van der Waals surface area contributed by atoms with E-state index >= 15 is 0 Å². The Balaban J connectivity index is 1.83. The van der Waals surface area contributed by atoms with Gasteiger partial charge in [0.05, 0.1) is 27.4 Å². The Morgan fingerprint density at radius 1 is 1.16 bits per heavy atom. The van der Waals surface area contributed by atoms with Crippen LogP contribution in [0.25, 0.3) is 21.1 Å². The molecule has 2 heterocycles. The first-order valence-corrected chi connectivity index (χ1v) is 11.0. The van der Waals surface area contributed by atoms with Gasteiger partial charge in [-0.15, -0.1) is 0 Å². The topological polar surface area (TPSA) is 73.6 Å². The summed E-state index contributed by atoms with van der Waals surface area (Å²) >= 11 is 13.7. The number of ether oxygens (including phenoxy) is 1. The molecule has 4 aromatic rings. The minimum absolute atomic E-state index is 0.123. The van der Waals surface area contributed by atoms with Crippen molar-refractivity contribution in [3.8, 4) is 0 Å².